The number of hydrogen-bond acceptors (Lipinski definition) is 3. The van der Waals surface area contributed by atoms with Crippen LogP contribution in [-0.2, 0) is 9.59 Å². The number of primary amides is 1. The number of carbonyl (C=O) groups is 2. The van der Waals surface area contributed by atoms with Crippen LogP contribution < -0.4 is 15.8 Å². The van der Waals surface area contributed by atoms with Crippen molar-refractivity contribution in [3.63, 3.8) is 0 Å². The van der Waals surface area contributed by atoms with Crippen LogP contribution in [0.5, 0.6) is 5.75 Å². The van der Waals surface area contributed by atoms with E-state index in [4.69, 9.17) is 10.5 Å². The normalized spacial score (nSPS) is 23.9. The van der Waals surface area contributed by atoms with Gasteiger partial charge in [-0.05, 0) is 79.9 Å². The Labute approximate surface area is 190 Å². The maximum Gasteiger partial charge on any atom is 0.252 e. The van der Waals surface area contributed by atoms with Gasteiger partial charge in [0.15, 0.2) is 0 Å². The van der Waals surface area contributed by atoms with Gasteiger partial charge in [-0.3, -0.25) is 9.59 Å². The Bertz CT molecular complexity index is 961. The molecule has 1 aromatic rings. The molecule has 2 fully saturated rings. The van der Waals surface area contributed by atoms with Crippen molar-refractivity contribution in [2.24, 2.45) is 17.6 Å². The molecule has 2 atom stereocenters. The summed E-state index contributed by atoms with van der Waals surface area (Å²) in [6, 6.07) is 8.26. The van der Waals surface area contributed by atoms with Crippen LogP contribution in [0.4, 0.5) is 0 Å². The lowest BCUT2D eigenvalue weighted by molar-refractivity contribution is -0.117. The Balaban J connectivity index is 1.53. The van der Waals surface area contributed by atoms with E-state index in [1.165, 1.54) is 18.9 Å². The first kappa shape index (κ1) is 22.1. The Morgan fingerprint density at radius 3 is 2.44 bits per heavy atom. The average Bonchev–Trinajstić information content (AvgIpc) is 3.43. The lowest BCUT2D eigenvalue weighted by Crippen LogP contribution is -2.28. The fraction of sp³-hybridized carbons (Fsp3) is 0.407. The van der Waals surface area contributed by atoms with Crippen LogP contribution in [-0.4, -0.2) is 24.0 Å². The topological polar surface area (TPSA) is 81.4 Å². The number of benzene rings is 1. The van der Waals surface area contributed by atoms with E-state index in [2.05, 4.69) is 18.3 Å². The number of nitrogens with one attached hydrogen (secondary N) is 1. The highest BCUT2D eigenvalue weighted by Gasteiger charge is 2.27. The highest BCUT2D eigenvalue weighted by atomic mass is 16.5. The first-order valence-electron chi connectivity index (χ1n) is 11.7. The second kappa shape index (κ2) is 10.0. The van der Waals surface area contributed by atoms with Crippen molar-refractivity contribution in [3.8, 4) is 5.75 Å². The van der Waals surface area contributed by atoms with Crippen molar-refractivity contribution < 1.29 is 14.3 Å². The van der Waals surface area contributed by atoms with Crippen LogP contribution >= 0.6 is 0 Å². The van der Waals surface area contributed by atoms with Gasteiger partial charge in [-0.25, -0.2) is 0 Å². The predicted molar refractivity (Wildman–Crippen MR) is 127 cm³/mol. The second-order valence-electron chi connectivity index (χ2n) is 9.08. The van der Waals surface area contributed by atoms with Gasteiger partial charge < -0.3 is 15.8 Å². The molecule has 2 unspecified atom stereocenters. The largest absolute Gasteiger partial charge is 0.490 e. The van der Waals surface area contributed by atoms with Crippen LogP contribution in [0.1, 0.15) is 51.0 Å². The average molecular weight is 433 g/mol. The smallest absolute Gasteiger partial charge is 0.252 e. The van der Waals surface area contributed by atoms with Crippen LogP contribution in [0.15, 0.2) is 65.8 Å². The number of allylic oxidation sites excluding steroid dienone is 4. The van der Waals surface area contributed by atoms with Gasteiger partial charge in [-0.2, -0.15) is 0 Å². The molecule has 1 aromatic carbocycles. The summed E-state index contributed by atoms with van der Waals surface area (Å²) >= 11 is 0. The van der Waals surface area contributed by atoms with E-state index in [0.717, 1.165) is 42.6 Å². The summed E-state index contributed by atoms with van der Waals surface area (Å²) in [6.45, 7) is 2.07. The zero-order valence-corrected chi connectivity index (χ0v) is 18.6. The summed E-state index contributed by atoms with van der Waals surface area (Å²) in [5.41, 5.74) is 7.74. The molecule has 0 saturated heterocycles. The number of amides is 2. The number of carbonyl (C=O) groups excluding carboxylic acids is 2. The van der Waals surface area contributed by atoms with Crippen LogP contribution in [0.25, 0.3) is 6.08 Å². The molecular formula is C27H32N2O3. The summed E-state index contributed by atoms with van der Waals surface area (Å²) in [5, 5.41) is 3.12. The highest BCUT2D eigenvalue weighted by Crippen LogP contribution is 2.30. The summed E-state index contributed by atoms with van der Waals surface area (Å²) in [7, 11) is 0. The summed E-state index contributed by atoms with van der Waals surface area (Å²) in [5.74, 6) is 0.599. The third kappa shape index (κ3) is 6.00. The molecule has 3 aliphatic carbocycles. The number of hydrogen-bond donors (Lipinski definition) is 2. The Kier molecular flexibility index (Phi) is 6.93. The molecule has 3 N–H and O–H groups in total. The van der Waals surface area contributed by atoms with Gasteiger partial charge in [0.1, 0.15) is 5.75 Å². The highest BCUT2D eigenvalue weighted by molar-refractivity contribution is 6.03. The minimum atomic E-state index is -0.454. The Morgan fingerprint density at radius 2 is 1.81 bits per heavy atom. The first-order valence-corrected chi connectivity index (χ1v) is 11.7. The molecular weight excluding hydrogens is 400 g/mol. The van der Waals surface area contributed by atoms with Gasteiger partial charge in [-0.15, -0.1) is 0 Å². The molecule has 2 amide bonds. The maximum atomic E-state index is 13.0. The predicted octanol–water partition coefficient (Wildman–Crippen LogP) is 4.46. The molecule has 2 saturated carbocycles. The summed E-state index contributed by atoms with van der Waals surface area (Å²) in [4.78, 5) is 24.1. The van der Waals surface area contributed by atoms with Crippen molar-refractivity contribution in [2.75, 3.05) is 0 Å². The van der Waals surface area contributed by atoms with E-state index in [1.54, 1.807) is 0 Å². The monoisotopic (exact) mass is 432 g/mol. The SMILES string of the molecule is CC1C=C(/C(=C\c2ccc(OC3CCCC3)cc2)C(=O)NC2CC2)C=CC1/C=C/C(N)=O. The quantitative estimate of drug-likeness (QED) is 0.595. The second-order valence-corrected chi connectivity index (χ2v) is 9.08. The third-order valence-corrected chi connectivity index (χ3v) is 6.29. The minimum absolute atomic E-state index is 0.0481. The van der Waals surface area contributed by atoms with Crippen molar-refractivity contribution >= 4 is 17.9 Å². The minimum Gasteiger partial charge on any atom is -0.490 e. The van der Waals surface area contributed by atoms with E-state index in [0.29, 0.717) is 11.7 Å². The molecule has 0 bridgehead atoms. The molecule has 3 aliphatic rings. The fourth-order valence-electron chi connectivity index (χ4n) is 4.24. The number of nitrogens with two attached hydrogens (primary N) is 1. The molecule has 5 heteroatoms. The van der Waals surface area contributed by atoms with Gasteiger partial charge in [0.05, 0.1) is 6.10 Å². The number of rotatable bonds is 8. The summed E-state index contributed by atoms with van der Waals surface area (Å²) in [6.07, 6.45) is 18.4. The lowest BCUT2D eigenvalue weighted by atomic mass is 9.84. The third-order valence-electron chi connectivity index (χ3n) is 6.29. The molecule has 0 aromatic heterocycles. The zero-order valence-electron chi connectivity index (χ0n) is 18.6. The molecule has 0 radical (unpaired) electrons. The van der Waals surface area contributed by atoms with Crippen LogP contribution in [0.3, 0.4) is 0 Å². The van der Waals surface area contributed by atoms with Crippen molar-refractivity contribution in [2.45, 2.75) is 57.6 Å². The molecule has 0 aliphatic heterocycles. The van der Waals surface area contributed by atoms with Crippen LogP contribution in [0.2, 0.25) is 0 Å². The van der Waals surface area contributed by atoms with E-state index < -0.39 is 5.91 Å². The Hall–Kier alpha value is -3.08. The van der Waals surface area contributed by atoms with E-state index in [-0.39, 0.29) is 23.8 Å². The van der Waals surface area contributed by atoms with Crippen molar-refractivity contribution in [3.05, 3.63) is 71.4 Å². The first-order chi connectivity index (χ1) is 15.5. The van der Waals surface area contributed by atoms with E-state index >= 15 is 0 Å². The van der Waals surface area contributed by atoms with Gasteiger partial charge in [0, 0.05) is 17.5 Å². The van der Waals surface area contributed by atoms with Crippen LogP contribution in [0, 0.1) is 11.8 Å². The van der Waals surface area contributed by atoms with Crippen molar-refractivity contribution in [1.29, 1.82) is 0 Å². The molecule has 4 rings (SSSR count). The number of ether oxygens (including phenoxy) is 1. The van der Waals surface area contributed by atoms with Crippen molar-refractivity contribution in [1.82, 2.24) is 5.32 Å². The van der Waals surface area contributed by atoms with Gasteiger partial charge in [0.25, 0.3) is 5.91 Å². The molecule has 5 nitrogen and oxygen atoms in total. The van der Waals surface area contributed by atoms with Gasteiger partial charge in [0.2, 0.25) is 5.91 Å². The molecule has 168 valence electrons. The van der Waals surface area contributed by atoms with Gasteiger partial charge in [-0.1, -0.05) is 43.4 Å². The summed E-state index contributed by atoms with van der Waals surface area (Å²) < 4.78 is 6.06. The van der Waals surface area contributed by atoms with E-state index in [1.807, 2.05) is 48.6 Å². The molecule has 32 heavy (non-hydrogen) atoms. The standard InChI is InChI=1S/C27H32N2O3/c1-18-16-21(9-8-20(18)10-15-26(28)30)25(27(31)29-22-11-12-22)17-19-6-13-24(14-7-19)32-23-4-2-3-5-23/h6-10,13-18,20,22-23H,2-5,11-12H2,1H3,(H2,28,30)(H,29,31)/b15-10+,25-17+. The fourth-order valence-corrected chi connectivity index (χ4v) is 4.24. The Morgan fingerprint density at radius 1 is 1.09 bits per heavy atom. The molecule has 0 heterocycles. The zero-order chi connectivity index (χ0) is 22.5. The molecule has 0 spiro atoms. The van der Waals surface area contributed by atoms with E-state index in [9.17, 15) is 9.59 Å². The van der Waals surface area contributed by atoms with Gasteiger partial charge >= 0.3 is 0 Å². The maximum absolute atomic E-state index is 13.0. The lowest BCUT2D eigenvalue weighted by Gasteiger charge is -2.21.